The lowest BCUT2D eigenvalue weighted by molar-refractivity contribution is -0.0508. The van der Waals surface area contributed by atoms with Gasteiger partial charge in [0.25, 0.3) is 0 Å². The van der Waals surface area contributed by atoms with Crippen molar-refractivity contribution >= 4 is 22.6 Å². The Balaban J connectivity index is 1.74. The number of benzene rings is 1. The van der Waals surface area contributed by atoms with Crippen molar-refractivity contribution in [2.45, 2.75) is 43.3 Å². The molecule has 3 rings (SSSR count). The largest absolute Gasteiger partial charge is 0.361 e. The highest BCUT2D eigenvalue weighted by molar-refractivity contribution is 14.1. The lowest BCUT2D eigenvalue weighted by Crippen LogP contribution is -2.29. The quantitative estimate of drug-likeness (QED) is 0.543. The van der Waals surface area contributed by atoms with E-state index in [2.05, 4.69) is 28.7 Å². The number of halogens is 3. The molecule has 1 aliphatic heterocycles. The molecule has 0 N–H and O–H groups in total. The van der Waals surface area contributed by atoms with Crippen LogP contribution in [0.5, 0.6) is 0 Å². The van der Waals surface area contributed by atoms with Crippen LogP contribution in [-0.2, 0) is 4.74 Å². The summed E-state index contributed by atoms with van der Waals surface area (Å²) in [6.45, 7) is 0. The Kier molecular flexibility index (Phi) is 2.70. The molecular weight excluding hydrogens is 337 g/mol. The van der Waals surface area contributed by atoms with E-state index >= 15 is 0 Å². The van der Waals surface area contributed by atoms with Crippen LogP contribution in [0.25, 0.3) is 0 Å². The van der Waals surface area contributed by atoms with Crippen LogP contribution >= 0.6 is 22.6 Å². The normalized spacial score (nSPS) is 29.2. The maximum atomic E-state index is 13.1. The van der Waals surface area contributed by atoms with E-state index in [-0.39, 0.29) is 24.5 Å². The minimum absolute atomic E-state index is 0.0343. The zero-order valence-electron chi connectivity index (χ0n) is 9.26. The van der Waals surface area contributed by atoms with Gasteiger partial charge in [-0.05, 0) is 53.1 Å². The van der Waals surface area contributed by atoms with Gasteiger partial charge < -0.3 is 4.74 Å². The van der Waals surface area contributed by atoms with Gasteiger partial charge in [-0.1, -0.05) is 12.1 Å². The zero-order valence-corrected chi connectivity index (χ0v) is 11.4. The topological polar surface area (TPSA) is 12.5 Å². The first-order chi connectivity index (χ1) is 8.01. The molecule has 0 radical (unpaired) electrons. The Labute approximate surface area is 113 Å². The number of rotatable bonds is 1. The van der Waals surface area contributed by atoms with Crippen molar-refractivity contribution in [1.82, 2.24) is 0 Å². The summed E-state index contributed by atoms with van der Waals surface area (Å²) in [5.74, 6) is -2.48. The van der Waals surface area contributed by atoms with E-state index < -0.39 is 5.92 Å². The fourth-order valence-electron chi connectivity index (χ4n) is 2.66. The molecule has 92 valence electrons. The predicted molar refractivity (Wildman–Crippen MR) is 69.1 cm³/mol. The number of hydrogen-bond acceptors (Lipinski definition) is 1. The molecule has 0 aromatic heterocycles. The van der Waals surface area contributed by atoms with Crippen LogP contribution in [0.1, 0.15) is 37.4 Å². The fraction of sp³-hybridized carbons (Fsp3) is 0.538. The van der Waals surface area contributed by atoms with Gasteiger partial charge >= 0.3 is 0 Å². The third kappa shape index (κ3) is 2.21. The maximum Gasteiger partial charge on any atom is 0.248 e. The van der Waals surface area contributed by atoms with Crippen molar-refractivity contribution in [2.24, 2.45) is 0 Å². The molecule has 4 heteroatoms. The fourth-order valence-corrected chi connectivity index (χ4v) is 3.23. The Bertz CT molecular complexity index is 437. The van der Waals surface area contributed by atoms with Gasteiger partial charge in [0.1, 0.15) is 6.10 Å². The second-order valence-corrected chi connectivity index (χ2v) is 6.22. The average Bonchev–Trinajstić information content (AvgIpc) is 2.98. The molecular formula is C13H13F2IO. The van der Waals surface area contributed by atoms with Gasteiger partial charge in [-0.25, -0.2) is 8.78 Å². The summed E-state index contributed by atoms with van der Waals surface area (Å²) in [7, 11) is 0. The molecule has 0 bridgehead atoms. The molecule has 1 aromatic rings. The molecule has 0 amide bonds. The second-order valence-electron chi connectivity index (χ2n) is 4.97. The molecule has 1 unspecified atom stereocenters. The number of epoxide rings is 1. The highest BCUT2D eigenvalue weighted by Gasteiger charge is 2.60. The summed E-state index contributed by atoms with van der Waals surface area (Å²) in [6, 6.07) is 8.11. The maximum absolute atomic E-state index is 13.1. The van der Waals surface area contributed by atoms with Gasteiger partial charge in [-0.15, -0.1) is 0 Å². The van der Waals surface area contributed by atoms with E-state index in [0.717, 1.165) is 9.13 Å². The first kappa shape index (κ1) is 11.8. The monoisotopic (exact) mass is 350 g/mol. The van der Waals surface area contributed by atoms with E-state index in [1.54, 1.807) is 0 Å². The summed E-state index contributed by atoms with van der Waals surface area (Å²) in [4.78, 5) is 0. The van der Waals surface area contributed by atoms with Gasteiger partial charge in [-0.3, -0.25) is 0 Å². The van der Waals surface area contributed by atoms with E-state index in [9.17, 15) is 8.78 Å². The molecule has 1 spiro atoms. The molecule has 2 fully saturated rings. The van der Waals surface area contributed by atoms with Gasteiger partial charge in [0.2, 0.25) is 5.92 Å². The van der Waals surface area contributed by atoms with E-state index in [1.807, 2.05) is 18.2 Å². The van der Waals surface area contributed by atoms with Gasteiger partial charge in [0.15, 0.2) is 0 Å². The van der Waals surface area contributed by atoms with Crippen molar-refractivity contribution < 1.29 is 13.5 Å². The summed E-state index contributed by atoms with van der Waals surface area (Å²) >= 11 is 2.26. The second kappa shape index (κ2) is 3.88. The van der Waals surface area contributed by atoms with Gasteiger partial charge in [0.05, 0.1) is 5.60 Å². The van der Waals surface area contributed by atoms with E-state index in [0.29, 0.717) is 12.8 Å². The first-order valence-corrected chi connectivity index (χ1v) is 6.90. The minimum Gasteiger partial charge on any atom is -0.361 e. The van der Waals surface area contributed by atoms with E-state index in [1.165, 1.54) is 0 Å². The van der Waals surface area contributed by atoms with Crippen LogP contribution in [-0.4, -0.2) is 11.5 Å². The van der Waals surface area contributed by atoms with Crippen LogP contribution in [0.15, 0.2) is 24.3 Å². The highest BCUT2D eigenvalue weighted by Crippen LogP contribution is 2.59. The number of hydrogen-bond donors (Lipinski definition) is 0. The third-order valence-corrected chi connectivity index (χ3v) is 4.42. The molecule has 1 heterocycles. The Morgan fingerprint density at radius 3 is 2.53 bits per heavy atom. The highest BCUT2D eigenvalue weighted by atomic mass is 127. The molecule has 1 saturated heterocycles. The predicted octanol–water partition coefficient (Wildman–Crippen LogP) is 4.31. The van der Waals surface area contributed by atoms with Crippen molar-refractivity contribution in [2.75, 3.05) is 0 Å². The minimum atomic E-state index is -2.48. The Hall–Kier alpha value is -0.230. The molecule has 1 saturated carbocycles. The SMILES string of the molecule is FC1(F)CCC2(CC1)OC2c1cccc(I)c1. The van der Waals surface area contributed by atoms with Crippen molar-refractivity contribution in [3.05, 3.63) is 33.4 Å². The zero-order chi connectivity index (χ0) is 12.1. The van der Waals surface area contributed by atoms with Crippen molar-refractivity contribution in [3.8, 4) is 0 Å². The number of ether oxygens (including phenoxy) is 1. The van der Waals surface area contributed by atoms with E-state index in [4.69, 9.17) is 4.74 Å². The van der Waals surface area contributed by atoms with Crippen LogP contribution in [0.2, 0.25) is 0 Å². The molecule has 2 aliphatic rings. The summed E-state index contributed by atoms with van der Waals surface area (Å²) in [5.41, 5.74) is 0.841. The lowest BCUT2D eigenvalue weighted by Gasteiger charge is -2.26. The summed E-state index contributed by atoms with van der Waals surface area (Å²) in [6.07, 6.45) is 0.931. The van der Waals surface area contributed by atoms with Gasteiger partial charge in [0, 0.05) is 16.4 Å². The number of alkyl halides is 2. The first-order valence-electron chi connectivity index (χ1n) is 5.82. The lowest BCUT2D eigenvalue weighted by atomic mass is 9.82. The van der Waals surface area contributed by atoms with Crippen LogP contribution in [0.3, 0.4) is 0 Å². The van der Waals surface area contributed by atoms with Crippen molar-refractivity contribution in [3.63, 3.8) is 0 Å². The summed E-state index contributed by atoms with van der Waals surface area (Å²) in [5, 5.41) is 0. The molecule has 1 aliphatic carbocycles. The molecule has 1 nitrogen and oxygen atoms in total. The Morgan fingerprint density at radius 2 is 1.88 bits per heavy atom. The van der Waals surface area contributed by atoms with Crippen LogP contribution < -0.4 is 0 Å². The van der Waals surface area contributed by atoms with Crippen LogP contribution in [0, 0.1) is 3.57 Å². The third-order valence-electron chi connectivity index (χ3n) is 3.75. The van der Waals surface area contributed by atoms with Crippen LogP contribution in [0.4, 0.5) is 8.78 Å². The summed E-state index contributed by atoms with van der Waals surface area (Å²) < 4.78 is 33.1. The molecule has 1 atom stereocenters. The average molecular weight is 350 g/mol. The standard InChI is InChI=1S/C13H13F2IO/c14-13(15)6-4-12(5-7-13)11(17-12)9-2-1-3-10(16)8-9/h1-3,8,11H,4-7H2. The van der Waals surface area contributed by atoms with Gasteiger partial charge in [-0.2, -0.15) is 0 Å². The molecule has 1 aromatic carbocycles. The smallest absolute Gasteiger partial charge is 0.248 e. The van der Waals surface area contributed by atoms with Crippen molar-refractivity contribution in [1.29, 1.82) is 0 Å². The Morgan fingerprint density at radius 1 is 1.18 bits per heavy atom. The molecule has 17 heavy (non-hydrogen) atoms.